The summed E-state index contributed by atoms with van der Waals surface area (Å²) in [6.07, 6.45) is 15.8. The average Bonchev–Trinajstić information content (AvgIpc) is 2.40. The molecule has 0 radical (unpaired) electrons. The lowest BCUT2D eigenvalue weighted by Gasteiger charge is -2.05. The molecule has 0 aliphatic heterocycles. The summed E-state index contributed by atoms with van der Waals surface area (Å²) in [7, 11) is -0.746. The van der Waals surface area contributed by atoms with Gasteiger partial charge in [-0.05, 0) is 0 Å². The van der Waals surface area contributed by atoms with E-state index in [1.807, 2.05) is 0 Å². The Kier molecular flexibility index (Phi) is 14.5. The van der Waals surface area contributed by atoms with Crippen molar-refractivity contribution in [1.29, 1.82) is 0 Å². The summed E-state index contributed by atoms with van der Waals surface area (Å²) in [6, 6.07) is 1.38. The first-order chi connectivity index (χ1) is 8.85. The maximum atomic E-state index is 3.89. The number of hydrogen-bond donors (Lipinski definition) is 0. The van der Waals surface area contributed by atoms with Crippen LogP contribution in [0.3, 0.4) is 0 Å². The van der Waals surface area contributed by atoms with Crippen molar-refractivity contribution in [3.8, 4) is 0 Å². The zero-order valence-electron chi connectivity index (χ0n) is 12.6. The minimum absolute atomic E-state index is 0.746. The van der Waals surface area contributed by atoms with Crippen LogP contribution in [0.15, 0.2) is 24.6 Å². The van der Waals surface area contributed by atoms with Crippen molar-refractivity contribution in [2.24, 2.45) is 0 Å². The summed E-state index contributed by atoms with van der Waals surface area (Å²) in [4.78, 5) is 0. The van der Waals surface area contributed by atoms with Crippen LogP contribution in [0, 0.1) is 0 Å². The molecule has 0 bridgehead atoms. The molecule has 0 unspecified atom stereocenters. The van der Waals surface area contributed by atoms with Crippen LogP contribution in [-0.2, 0) is 0 Å². The van der Waals surface area contributed by atoms with Gasteiger partial charge in [0.2, 0.25) is 0 Å². The highest BCUT2D eigenvalue weighted by Gasteiger charge is 1.99. The third-order valence-corrected chi connectivity index (χ3v) is 6.03. The molecule has 0 atom stereocenters. The van der Waals surface area contributed by atoms with Crippen LogP contribution in [0.4, 0.5) is 0 Å². The van der Waals surface area contributed by atoms with E-state index in [-0.39, 0.29) is 0 Å². The SMILES string of the molecule is C=C[SiH](C=C)CCCCCCCCCCCCC. The van der Waals surface area contributed by atoms with Crippen molar-refractivity contribution < 1.29 is 0 Å². The van der Waals surface area contributed by atoms with Crippen molar-refractivity contribution in [2.75, 3.05) is 0 Å². The summed E-state index contributed by atoms with van der Waals surface area (Å²) in [6.45, 7) is 10.1. The average molecular weight is 267 g/mol. The molecule has 0 aliphatic rings. The highest BCUT2D eigenvalue weighted by Crippen LogP contribution is 2.12. The third kappa shape index (κ3) is 12.2. The molecule has 0 amide bonds. The van der Waals surface area contributed by atoms with E-state index in [2.05, 4.69) is 31.5 Å². The molecule has 0 spiro atoms. The standard InChI is InChI=1S/C17H34Si/c1-4-7-8-9-10-11-12-13-14-15-16-17-18(5-2)6-3/h5-6,18H,2-4,7-17H2,1H3. The van der Waals surface area contributed by atoms with Crippen LogP contribution in [-0.4, -0.2) is 8.80 Å². The Morgan fingerprint density at radius 1 is 0.667 bits per heavy atom. The first kappa shape index (κ1) is 17.7. The fourth-order valence-electron chi connectivity index (χ4n) is 2.38. The first-order valence-electron chi connectivity index (χ1n) is 8.10. The zero-order chi connectivity index (χ0) is 13.5. The third-order valence-electron chi connectivity index (χ3n) is 3.75. The lowest BCUT2D eigenvalue weighted by Crippen LogP contribution is -2.03. The second kappa shape index (κ2) is 14.8. The fourth-order valence-corrected chi connectivity index (χ4v) is 3.80. The Hall–Kier alpha value is -0.303. The molecule has 0 aromatic rings. The topological polar surface area (TPSA) is 0 Å². The molecule has 0 rings (SSSR count). The summed E-state index contributed by atoms with van der Waals surface area (Å²) in [5.74, 6) is 0. The molecule has 0 N–H and O–H groups in total. The molecule has 0 saturated carbocycles. The lowest BCUT2D eigenvalue weighted by molar-refractivity contribution is 0.554. The minimum atomic E-state index is -0.746. The van der Waals surface area contributed by atoms with E-state index in [0.29, 0.717) is 0 Å². The van der Waals surface area contributed by atoms with E-state index in [9.17, 15) is 0 Å². The largest absolute Gasteiger partial charge is 0.107 e. The van der Waals surface area contributed by atoms with Crippen molar-refractivity contribution in [3.05, 3.63) is 24.6 Å². The Morgan fingerprint density at radius 3 is 1.44 bits per heavy atom. The minimum Gasteiger partial charge on any atom is -0.107 e. The van der Waals surface area contributed by atoms with Gasteiger partial charge in [-0.2, -0.15) is 0 Å². The van der Waals surface area contributed by atoms with Crippen molar-refractivity contribution >= 4 is 8.80 Å². The van der Waals surface area contributed by atoms with Crippen LogP contribution in [0.5, 0.6) is 0 Å². The van der Waals surface area contributed by atoms with Gasteiger partial charge in [0.05, 0.1) is 8.80 Å². The van der Waals surface area contributed by atoms with Crippen LogP contribution < -0.4 is 0 Å². The van der Waals surface area contributed by atoms with Gasteiger partial charge in [-0.15, -0.1) is 24.6 Å². The van der Waals surface area contributed by atoms with E-state index in [0.717, 1.165) is 0 Å². The Morgan fingerprint density at radius 2 is 1.06 bits per heavy atom. The molecule has 0 heterocycles. The highest BCUT2D eigenvalue weighted by molar-refractivity contribution is 6.69. The number of rotatable bonds is 14. The van der Waals surface area contributed by atoms with Gasteiger partial charge in [0.1, 0.15) is 0 Å². The summed E-state index contributed by atoms with van der Waals surface area (Å²) < 4.78 is 0. The molecular formula is C17H34Si. The fraction of sp³-hybridized carbons (Fsp3) is 0.765. The van der Waals surface area contributed by atoms with E-state index in [1.54, 1.807) is 0 Å². The Balaban J connectivity index is 3.07. The van der Waals surface area contributed by atoms with E-state index in [4.69, 9.17) is 0 Å². The smallest absolute Gasteiger partial charge is 0.0838 e. The Labute approximate surface area is 117 Å². The second-order valence-corrected chi connectivity index (χ2v) is 8.31. The zero-order valence-corrected chi connectivity index (χ0v) is 13.8. The predicted molar refractivity (Wildman–Crippen MR) is 88.8 cm³/mol. The second-order valence-electron chi connectivity index (χ2n) is 5.46. The number of hydrogen-bond acceptors (Lipinski definition) is 0. The molecule has 1 heteroatoms. The van der Waals surface area contributed by atoms with Crippen LogP contribution in [0.2, 0.25) is 6.04 Å². The van der Waals surface area contributed by atoms with Crippen LogP contribution in [0.1, 0.15) is 77.6 Å². The Bertz CT molecular complexity index is 178. The lowest BCUT2D eigenvalue weighted by atomic mass is 10.1. The van der Waals surface area contributed by atoms with Gasteiger partial charge in [0.15, 0.2) is 0 Å². The van der Waals surface area contributed by atoms with Gasteiger partial charge in [-0.25, -0.2) is 0 Å². The van der Waals surface area contributed by atoms with Crippen molar-refractivity contribution in [1.82, 2.24) is 0 Å². The van der Waals surface area contributed by atoms with E-state index < -0.39 is 8.80 Å². The summed E-state index contributed by atoms with van der Waals surface area (Å²) >= 11 is 0. The monoisotopic (exact) mass is 266 g/mol. The first-order valence-corrected chi connectivity index (χ1v) is 10.2. The maximum absolute atomic E-state index is 3.89. The normalized spacial score (nSPS) is 10.8. The molecular weight excluding hydrogens is 232 g/mol. The summed E-state index contributed by atoms with van der Waals surface area (Å²) in [5, 5.41) is 0. The van der Waals surface area contributed by atoms with Gasteiger partial charge >= 0.3 is 0 Å². The predicted octanol–water partition coefficient (Wildman–Crippen LogP) is 5.97. The molecule has 106 valence electrons. The summed E-state index contributed by atoms with van der Waals surface area (Å²) in [5.41, 5.74) is 4.31. The van der Waals surface area contributed by atoms with Crippen molar-refractivity contribution in [2.45, 2.75) is 83.6 Å². The molecule has 0 saturated heterocycles. The molecule has 0 fully saturated rings. The van der Waals surface area contributed by atoms with E-state index >= 15 is 0 Å². The molecule has 0 aromatic carbocycles. The molecule has 0 aliphatic carbocycles. The van der Waals surface area contributed by atoms with E-state index in [1.165, 1.54) is 76.7 Å². The van der Waals surface area contributed by atoms with Crippen LogP contribution >= 0.6 is 0 Å². The highest BCUT2D eigenvalue weighted by atomic mass is 28.3. The quantitative estimate of drug-likeness (QED) is 0.268. The maximum Gasteiger partial charge on any atom is 0.0838 e. The van der Waals surface area contributed by atoms with Gasteiger partial charge in [0, 0.05) is 0 Å². The number of unbranched alkanes of at least 4 members (excludes halogenated alkanes) is 10. The molecule has 18 heavy (non-hydrogen) atoms. The molecule has 0 nitrogen and oxygen atoms in total. The van der Waals surface area contributed by atoms with Gasteiger partial charge in [0.25, 0.3) is 0 Å². The van der Waals surface area contributed by atoms with Gasteiger partial charge < -0.3 is 0 Å². The molecule has 0 aromatic heterocycles. The van der Waals surface area contributed by atoms with Gasteiger partial charge in [-0.3, -0.25) is 0 Å². The van der Waals surface area contributed by atoms with Crippen LogP contribution in [0.25, 0.3) is 0 Å². The van der Waals surface area contributed by atoms with Gasteiger partial charge in [-0.1, -0.05) is 83.6 Å². The van der Waals surface area contributed by atoms with Crippen molar-refractivity contribution in [3.63, 3.8) is 0 Å².